The number of imide groups is 1. The highest BCUT2D eigenvalue weighted by Crippen LogP contribution is 2.31. The number of nitrogens with two attached hydrogens (primary N) is 1. The van der Waals surface area contributed by atoms with E-state index in [1.165, 1.54) is 6.07 Å². The van der Waals surface area contributed by atoms with E-state index in [4.69, 9.17) is 5.73 Å². The number of halogens is 1. The number of anilines is 6. The molecule has 4 fully saturated rings. The van der Waals surface area contributed by atoms with Gasteiger partial charge in [0.15, 0.2) is 11.5 Å². The third-order valence-electron chi connectivity index (χ3n) is 10.5. The Kier molecular flexibility index (Phi) is 10.2. The van der Waals surface area contributed by atoms with Crippen LogP contribution >= 0.6 is 0 Å². The number of piperidine rings is 2. The Morgan fingerprint density at radius 2 is 1.63 bits per heavy atom. The van der Waals surface area contributed by atoms with Crippen molar-refractivity contribution in [2.75, 3.05) is 90.4 Å². The molecule has 4 amide bonds. The molecular formula is C36H46FN11O3. The fourth-order valence-electron chi connectivity index (χ4n) is 7.62. The molecule has 14 nitrogen and oxygen atoms in total. The molecule has 5 heterocycles. The normalized spacial score (nSPS) is 19.3. The summed E-state index contributed by atoms with van der Waals surface area (Å²) in [7, 11) is 0. The maximum Gasteiger partial charge on any atom is 0.328 e. The number of hydrogen-bond acceptors (Lipinski definition) is 11. The van der Waals surface area contributed by atoms with E-state index in [0.29, 0.717) is 36.2 Å². The Bertz CT molecular complexity index is 1770. The molecule has 51 heavy (non-hydrogen) atoms. The van der Waals surface area contributed by atoms with Gasteiger partial charge in [0.1, 0.15) is 5.82 Å². The van der Waals surface area contributed by atoms with Gasteiger partial charge in [-0.15, -0.1) is 10.2 Å². The van der Waals surface area contributed by atoms with Crippen molar-refractivity contribution >= 4 is 52.4 Å². The Labute approximate surface area is 297 Å². The van der Waals surface area contributed by atoms with Gasteiger partial charge >= 0.3 is 6.03 Å². The third-order valence-corrected chi connectivity index (χ3v) is 10.5. The summed E-state index contributed by atoms with van der Waals surface area (Å²) >= 11 is 0. The number of aromatic nitrogens is 3. The number of aryl methyl sites for hydroxylation is 1. The standard InChI is InChI=1S/C36H46FN11O3/c1-24-21-27(6-8-29(24)48-16-11-31(49)40-36(48)51)45-19-17-44(18-20-45)23-25-9-14-46(15-10-25)30-7-5-26(22-28(30)37)39-34-32(33(38)50)42-43-35(41-34)47-12-3-2-4-13-47/h5-8,21-22,25H,2-4,9-20,23H2,1H3,(H2,38,50)(H,39,41,43)(H,40,49,51). The zero-order valence-electron chi connectivity index (χ0n) is 29.1. The first-order valence-electron chi connectivity index (χ1n) is 18.0. The summed E-state index contributed by atoms with van der Waals surface area (Å²) in [6, 6.07) is 10.8. The highest BCUT2D eigenvalue weighted by Gasteiger charge is 2.28. The Morgan fingerprint density at radius 1 is 0.882 bits per heavy atom. The summed E-state index contributed by atoms with van der Waals surface area (Å²) in [5.41, 5.74) is 9.47. The van der Waals surface area contributed by atoms with Crippen LogP contribution in [0.3, 0.4) is 0 Å². The number of primary amides is 1. The van der Waals surface area contributed by atoms with Crippen LogP contribution in [0.2, 0.25) is 0 Å². The average Bonchev–Trinajstić information content (AvgIpc) is 3.13. The number of hydrogen-bond donors (Lipinski definition) is 3. The average molecular weight is 700 g/mol. The minimum atomic E-state index is -0.753. The molecule has 0 bridgehead atoms. The van der Waals surface area contributed by atoms with Crippen molar-refractivity contribution in [1.82, 2.24) is 25.4 Å². The van der Waals surface area contributed by atoms with E-state index >= 15 is 4.39 Å². The molecule has 2 aromatic carbocycles. The summed E-state index contributed by atoms with van der Waals surface area (Å²) in [4.78, 5) is 51.2. The number of rotatable bonds is 9. The lowest BCUT2D eigenvalue weighted by atomic mass is 9.95. The second-order valence-electron chi connectivity index (χ2n) is 14.0. The molecule has 0 saturated carbocycles. The number of carbonyl (C=O) groups excluding carboxylic acids is 3. The molecule has 4 aliphatic rings. The predicted molar refractivity (Wildman–Crippen MR) is 194 cm³/mol. The van der Waals surface area contributed by atoms with Crippen molar-refractivity contribution in [2.45, 2.75) is 45.4 Å². The van der Waals surface area contributed by atoms with Crippen LogP contribution in [0.1, 0.15) is 54.6 Å². The van der Waals surface area contributed by atoms with Crippen LogP contribution in [0.5, 0.6) is 0 Å². The number of benzene rings is 2. The van der Waals surface area contributed by atoms with Crippen LogP contribution in [0.15, 0.2) is 36.4 Å². The van der Waals surface area contributed by atoms with Gasteiger partial charge in [0.05, 0.1) is 5.69 Å². The van der Waals surface area contributed by atoms with Gasteiger partial charge in [0.2, 0.25) is 11.9 Å². The molecule has 4 saturated heterocycles. The number of carbonyl (C=O) groups is 3. The largest absolute Gasteiger partial charge is 0.369 e. The highest BCUT2D eigenvalue weighted by atomic mass is 19.1. The van der Waals surface area contributed by atoms with Gasteiger partial charge in [-0.1, -0.05) is 0 Å². The van der Waals surface area contributed by atoms with Crippen molar-refractivity contribution in [3.63, 3.8) is 0 Å². The topological polar surface area (TPSA) is 156 Å². The maximum atomic E-state index is 15.5. The molecule has 0 radical (unpaired) electrons. The van der Waals surface area contributed by atoms with Crippen molar-refractivity contribution < 1.29 is 18.8 Å². The van der Waals surface area contributed by atoms with Crippen molar-refractivity contribution in [2.24, 2.45) is 11.7 Å². The maximum absolute atomic E-state index is 15.5. The zero-order valence-corrected chi connectivity index (χ0v) is 29.1. The van der Waals surface area contributed by atoms with Crippen molar-refractivity contribution in [1.29, 1.82) is 0 Å². The van der Waals surface area contributed by atoms with E-state index in [1.807, 2.05) is 17.9 Å². The molecule has 3 aromatic rings. The van der Waals surface area contributed by atoms with Crippen LogP contribution in [0.4, 0.5) is 43.7 Å². The molecular weight excluding hydrogens is 653 g/mol. The lowest BCUT2D eigenvalue weighted by Crippen LogP contribution is -2.50. The third kappa shape index (κ3) is 7.82. The van der Waals surface area contributed by atoms with Gasteiger partial charge in [0, 0.05) is 88.9 Å². The van der Waals surface area contributed by atoms with E-state index in [0.717, 1.165) is 108 Å². The van der Waals surface area contributed by atoms with Crippen LogP contribution < -0.4 is 36.0 Å². The fraction of sp³-hybridized carbons (Fsp3) is 0.500. The van der Waals surface area contributed by atoms with Gasteiger partial charge in [0.25, 0.3) is 5.91 Å². The molecule has 4 aliphatic heterocycles. The fourth-order valence-corrected chi connectivity index (χ4v) is 7.62. The van der Waals surface area contributed by atoms with Gasteiger partial charge in [-0.05, 0) is 86.9 Å². The molecule has 270 valence electrons. The number of amides is 4. The van der Waals surface area contributed by atoms with Crippen LogP contribution in [0.25, 0.3) is 0 Å². The van der Waals surface area contributed by atoms with Crippen molar-refractivity contribution in [3.8, 4) is 0 Å². The molecule has 0 spiro atoms. The van der Waals surface area contributed by atoms with Crippen LogP contribution in [0, 0.1) is 18.7 Å². The minimum Gasteiger partial charge on any atom is -0.369 e. The van der Waals surface area contributed by atoms with E-state index in [2.05, 4.69) is 52.6 Å². The number of nitrogens with zero attached hydrogens (tertiary/aromatic N) is 8. The summed E-state index contributed by atoms with van der Waals surface area (Å²) in [6.07, 6.45) is 5.52. The van der Waals surface area contributed by atoms with E-state index in [1.54, 1.807) is 17.0 Å². The second-order valence-corrected chi connectivity index (χ2v) is 14.0. The van der Waals surface area contributed by atoms with Crippen LogP contribution in [-0.2, 0) is 4.79 Å². The molecule has 4 N–H and O–H groups in total. The summed E-state index contributed by atoms with van der Waals surface area (Å²) in [5, 5.41) is 13.6. The van der Waals surface area contributed by atoms with Gasteiger partial charge in [-0.25, -0.2) is 9.18 Å². The molecule has 0 aliphatic carbocycles. The number of piperazine rings is 1. The molecule has 15 heteroatoms. The Hall–Kier alpha value is -5.05. The molecule has 1 aromatic heterocycles. The second kappa shape index (κ2) is 15.1. The van der Waals surface area contributed by atoms with Crippen molar-refractivity contribution in [3.05, 3.63) is 53.5 Å². The van der Waals surface area contributed by atoms with E-state index < -0.39 is 5.91 Å². The number of nitrogens with one attached hydrogen (secondary N) is 2. The zero-order chi connectivity index (χ0) is 35.5. The first kappa shape index (κ1) is 34.4. The molecule has 0 atom stereocenters. The Morgan fingerprint density at radius 3 is 2.31 bits per heavy atom. The summed E-state index contributed by atoms with van der Waals surface area (Å²) in [5.74, 6) is -0.182. The summed E-state index contributed by atoms with van der Waals surface area (Å²) in [6.45, 7) is 10.4. The molecule has 7 rings (SSSR count). The smallest absolute Gasteiger partial charge is 0.328 e. The van der Waals surface area contributed by atoms with Crippen LogP contribution in [-0.4, -0.2) is 103 Å². The quantitative estimate of drug-likeness (QED) is 0.300. The molecule has 0 unspecified atom stereocenters. The highest BCUT2D eigenvalue weighted by molar-refractivity contribution is 6.06. The SMILES string of the molecule is Cc1cc(N2CCN(CC3CCN(c4ccc(Nc5nc(N6CCCCC6)nnc5C(N)=O)cc4F)CC3)CC2)ccc1N1CCC(=O)NC1=O. The Balaban J connectivity index is 0.896. The van der Waals surface area contributed by atoms with Gasteiger partial charge in [-0.2, -0.15) is 4.98 Å². The first-order chi connectivity index (χ1) is 24.7. The number of urea groups is 1. The lowest BCUT2D eigenvalue weighted by molar-refractivity contribution is -0.120. The minimum absolute atomic E-state index is 0.0853. The van der Waals surface area contributed by atoms with Gasteiger partial charge in [-0.3, -0.25) is 24.7 Å². The first-order valence-corrected chi connectivity index (χ1v) is 18.0. The summed E-state index contributed by atoms with van der Waals surface area (Å²) < 4.78 is 15.5. The lowest BCUT2D eigenvalue weighted by Gasteiger charge is -2.40. The predicted octanol–water partition coefficient (Wildman–Crippen LogP) is 3.64. The van der Waals surface area contributed by atoms with E-state index in [9.17, 15) is 14.4 Å². The van der Waals surface area contributed by atoms with Gasteiger partial charge < -0.3 is 25.8 Å². The monoisotopic (exact) mass is 699 g/mol. The van der Waals surface area contributed by atoms with E-state index in [-0.39, 0.29) is 29.3 Å².